The van der Waals surface area contributed by atoms with Crippen LogP contribution in [0.5, 0.6) is 5.88 Å². The second-order valence-corrected chi connectivity index (χ2v) is 17.1. The number of pyridine rings is 2. The van der Waals surface area contributed by atoms with Crippen LogP contribution in [0.15, 0.2) is 60.8 Å². The molecule has 3 N–H and O–H groups in total. The summed E-state index contributed by atoms with van der Waals surface area (Å²) in [6.45, 7) is 1.80. The highest BCUT2D eigenvalue weighted by atomic mass is 32.2. The number of hydrogen-bond acceptors (Lipinski definition) is 10. The van der Waals surface area contributed by atoms with Gasteiger partial charge in [0.25, 0.3) is 5.91 Å². The van der Waals surface area contributed by atoms with Gasteiger partial charge in [0.2, 0.25) is 27.7 Å². The zero-order valence-corrected chi connectivity index (χ0v) is 30.8. The Bertz CT molecular complexity index is 2290. The summed E-state index contributed by atoms with van der Waals surface area (Å²) in [6.07, 6.45) is 9.38. The number of H-pyrrole nitrogens is 1. The van der Waals surface area contributed by atoms with Crippen LogP contribution in [0.3, 0.4) is 0 Å². The summed E-state index contributed by atoms with van der Waals surface area (Å²) in [4.78, 5) is 67.0. The number of hydrogen-bond donors (Lipinski definition) is 3. The van der Waals surface area contributed by atoms with Gasteiger partial charge in [0.05, 0.1) is 23.3 Å². The number of benzene rings is 1. The number of aryl methyl sites for hydroxylation is 1. The van der Waals surface area contributed by atoms with Crippen LogP contribution in [0.25, 0.3) is 21.8 Å². The van der Waals surface area contributed by atoms with Crippen LogP contribution in [0.1, 0.15) is 80.4 Å². The first kappa shape index (κ1) is 35.8. The number of ketones is 1. The van der Waals surface area contributed by atoms with Crippen molar-refractivity contribution in [2.45, 2.75) is 94.6 Å². The van der Waals surface area contributed by atoms with Crippen molar-refractivity contribution >= 4 is 55.3 Å². The topological polar surface area (TPSA) is 193 Å². The van der Waals surface area contributed by atoms with Crippen LogP contribution in [0, 0.1) is 18.3 Å². The standard InChI is InChI=1S/C39H43N7O7S/c1-23-18-31(44-43-23)35(48)41-30-14-6-4-2-3-5-10-24-20-39(24,38(50)45-54(51,52)26-15-16-26)21-33(47)32-19-25(22-46(32)37(30)49)53-36-29-12-8-7-11-27(29)28-13-9-17-40-34(28)42-36/h5,7-13,17-18,24-26,30,32H,2-4,6,14-16,19-22H2,1H3,(H,41,48)(H,43,44)(H,45,50)/b10-5-/t24-,25-,30+,32+,39-/m1/s1. The van der Waals surface area contributed by atoms with Gasteiger partial charge in [0, 0.05) is 35.5 Å². The number of amides is 3. The number of carbonyl (C=O) groups is 4. The molecule has 5 heterocycles. The molecule has 2 aliphatic heterocycles. The minimum Gasteiger partial charge on any atom is -0.472 e. The quantitative estimate of drug-likeness (QED) is 0.183. The third kappa shape index (κ3) is 7.08. The van der Waals surface area contributed by atoms with Gasteiger partial charge in [-0.1, -0.05) is 43.2 Å². The molecule has 4 aromatic rings. The van der Waals surface area contributed by atoms with E-state index in [1.54, 1.807) is 19.2 Å². The molecule has 2 aliphatic carbocycles. The molecule has 8 rings (SSSR count). The Morgan fingerprint density at radius 2 is 1.81 bits per heavy atom. The summed E-state index contributed by atoms with van der Waals surface area (Å²) in [5, 5.41) is 11.6. The van der Waals surface area contributed by atoms with Crippen molar-refractivity contribution in [2.75, 3.05) is 6.54 Å². The molecule has 3 amide bonds. The lowest BCUT2D eigenvalue weighted by Crippen LogP contribution is -2.52. The summed E-state index contributed by atoms with van der Waals surface area (Å²) in [5.41, 5.74) is 0.0762. The average molecular weight is 754 g/mol. The molecule has 3 fully saturated rings. The minimum absolute atomic E-state index is 0.0258. The fraction of sp³-hybridized carbons (Fsp3) is 0.462. The molecular weight excluding hydrogens is 711 g/mol. The molecule has 5 atom stereocenters. The van der Waals surface area contributed by atoms with Crippen LogP contribution < -0.4 is 14.8 Å². The Kier molecular flexibility index (Phi) is 9.44. The fourth-order valence-corrected chi connectivity index (χ4v) is 9.35. The van der Waals surface area contributed by atoms with Gasteiger partial charge in [-0.3, -0.25) is 29.0 Å². The highest BCUT2D eigenvalue weighted by Gasteiger charge is 2.61. The second kappa shape index (κ2) is 14.2. The zero-order chi connectivity index (χ0) is 37.6. The molecule has 1 aromatic carbocycles. The van der Waals surface area contributed by atoms with E-state index >= 15 is 0 Å². The van der Waals surface area contributed by atoms with Gasteiger partial charge in [-0.25, -0.2) is 13.4 Å². The molecule has 2 saturated carbocycles. The summed E-state index contributed by atoms with van der Waals surface area (Å²) >= 11 is 0. The number of Topliss-reactive ketones (excluding diaryl/α,β-unsaturated/α-hetero) is 1. The van der Waals surface area contributed by atoms with Crippen molar-refractivity contribution in [1.82, 2.24) is 35.1 Å². The molecule has 0 spiro atoms. The molecule has 1 saturated heterocycles. The van der Waals surface area contributed by atoms with Gasteiger partial charge in [0.1, 0.15) is 17.8 Å². The molecule has 0 unspecified atom stereocenters. The molecule has 3 aromatic heterocycles. The first-order valence-corrected chi connectivity index (χ1v) is 20.3. The van der Waals surface area contributed by atoms with Gasteiger partial charge in [-0.2, -0.15) is 10.1 Å². The monoisotopic (exact) mass is 753 g/mol. The third-order valence-electron chi connectivity index (χ3n) is 11.2. The maximum atomic E-state index is 14.6. The average Bonchev–Trinajstić information content (AvgIpc) is 4.05. The number of sulfonamides is 1. The van der Waals surface area contributed by atoms with Crippen LogP contribution >= 0.6 is 0 Å². The smallest absolute Gasteiger partial charge is 0.272 e. The number of rotatable bonds is 7. The molecule has 282 valence electrons. The normalized spacial score (nSPS) is 27.0. The first-order chi connectivity index (χ1) is 26.0. The Labute approximate surface area is 312 Å². The van der Waals surface area contributed by atoms with Gasteiger partial charge in [-0.15, -0.1) is 0 Å². The van der Waals surface area contributed by atoms with Crippen LogP contribution in [-0.2, 0) is 24.4 Å². The number of allylic oxidation sites excluding steroid dienone is 2. The fourth-order valence-electron chi connectivity index (χ4n) is 7.96. The largest absolute Gasteiger partial charge is 0.472 e. The summed E-state index contributed by atoms with van der Waals surface area (Å²) < 4.78 is 34.6. The molecule has 4 aliphatic rings. The second-order valence-electron chi connectivity index (χ2n) is 15.1. The van der Waals surface area contributed by atoms with E-state index in [1.807, 2.05) is 48.6 Å². The number of aromatic amines is 1. The molecular formula is C39H43N7O7S. The van der Waals surface area contributed by atoms with Crippen LogP contribution in [0.4, 0.5) is 0 Å². The van der Waals surface area contributed by atoms with Crippen molar-refractivity contribution in [3.8, 4) is 5.88 Å². The van der Waals surface area contributed by atoms with Gasteiger partial charge >= 0.3 is 0 Å². The van der Waals surface area contributed by atoms with Gasteiger partial charge < -0.3 is 15.0 Å². The van der Waals surface area contributed by atoms with E-state index in [2.05, 4.69) is 25.2 Å². The highest BCUT2D eigenvalue weighted by molar-refractivity contribution is 7.90. The third-order valence-corrected chi connectivity index (χ3v) is 13.0. The van der Waals surface area contributed by atoms with Crippen molar-refractivity contribution < 1.29 is 32.3 Å². The number of nitrogens with one attached hydrogen (secondary N) is 3. The van der Waals surface area contributed by atoms with E-state index in [0.717, 1.165) is 35.4 Å². The lowest BCUT2D eigenvalue weighted by Gasteiger charge is -2.29. The SMILES string of the molecule is Cc1cc(C(=O)N[C@H]2CCCCC/C=C\[C@@H]3C[C@@]3(C(=O)NS(=O)(=O)C3CC3)CC(=O)[C@@H]3C[C@@H](Oc4nc5ncccc5c5ccccc45)CN3C2=O)n[nH]1. The van der Waals surface area contributed by atoms with Gasteiger partial charge in [0.15, 0.2) is 11.4 Å². The van der Waals surface area contributed by atoms with E-state index in [4.69, 9.17) is 9.72 Å². The maximum Gasteiger partial charge on any atom is 0.272 e. The maximum absolute atomic E-state index is 14.6. The first-order valence-electron chi connectivity index (χ1n) is 18.7. The number of ether oxygens (including phenoxy) is 1. The van der Waals surface area contributed by atoms with E-state index in [0.29, 0.717) is 49.3 Å². The number of fused-ring (bicyclic) bond motifs is 5. The number of aromatic nitrogens is 4. The van der Waals surface area contributed by atoms with Crippen LogP contribution in [-0.4, -0.2) is 87.0 Å². The van der Waals surface area contributed by atoms with Crippen molar-refractivity contribution in [3.63, 3.8) is 0 Å². The molecule has 0 radical (unpaired) electrons. The minimum atomic E-state index is -3.85. The Balaban J connectivity index is 1.12. The summed E-state index contributed by atoms with van der Waals surface area (Å²) in [5.74, 6) is -2.00. The predicted octanol–water partition coefficient (Wildman–Crippen LogP) is 4.06. The summed E-state index contributed by atoms with van der Waals surface area (Å²) in [6, 6.07) is 11.1. The van der Waals surface area contributed by atoms with E-state index in [1.165, 1.54) is 4.90 Å². The zero-order valence-electron chi connectivity index (χ0n) is 30.0. The van der Waals surface area contributed by atoms with E-state index < -0.39 is 56.6 Å². The molecule has 14 nitrogen and oxygen atoms in total. The lowest BCUT2D eigenvalue weighted by atomic mass is 9.91. The molecule has 54 heavy (non-hydrogen) atoms. The predicted molar refractivity (Wildman–Crippen MR) is 199 cm³/mol. The van der Waals surface area contributed by atoms with Gasteiger partial charge in [-0.05, 0) is 81.0 Å². The van der Waals surface area contributed by atoms with Crippen molar-refractivity contribution in [3.05, 3.63) is 72.2 Å². The van der Waals surface area contributed by atoms with Crippen LogP contribution in [0.2, 0.25) is 0 Å². The number of carbonyl (C=O) groups excluding carboxylic acids is 4. The molecule has 0 bridgehead atoms. The number of nitrogens with zero attached hydrogens (tertiary/aromatic N) is 4. The summed E-state index contributed by atoms with van der Waals surface area (Å²) in [7, 11) is -3.85. The molecule has 15 heteroatoms. The van der Waals surface area contributed by atoms with Crippen molar-refractivity contribution in [2.24, 2.45) is 11.3 Å². The van der Waals surface area contributed by atoms with E-state index in [9.17, 15) is 27.6 Å². The Morgan fingerprint density at radius 3 is 2.59 bits per heavy atom. The van der Waals surface area contributed by atoms with Crippen molar-refractivity contribution in [1.29, 1.82) is 0 Å². The lowest BCUT2D eigenvalue weighted by molar-refractivity contribution is -0.140. The Hall–Kier alpha value is -5.18. The Morgan fingerprint density at radius 1 is 1.02 bits per heavy atom. The van der Waals surface area contributed by atoms with E-state index in [-0.39, 0.29) is 36.8 Å². The highest BCUT2D eigenvalue weighted by Crippen LogP contribution is 2.57.